The summed E-state index contributed by atoms with van der Waals surface area (Å²) in [6, 6.07) is 12.5. The molecular formula is C21H25NO6. The summed E-state index contributed by atoms with van der Waals surface area (Å²) in [5, 5.41) is 0. The Morgan fingerprint density at radius 3 is 2.04 bits per heavy atom. The molecule has 1 amide bonds. The number of carbonyl (C=O) groups excluding carboxylic acids is 2. The van der Waals surface area contributed by atoms with Crippen LogP contribution in [-0.2, 0) is 16.1 Å². The summed E-state index contributed by atoms with van der Waals surface area (Å²) in [5.41, 5.74) is 1.18. The van der Waals surface area contributed by atoms with Crippen LogP contribution in [0.25, 0.3) is 0 Å². The molecule has 0 bridgehead atoms. The van der Waals surface area contributed by atoms with E-state index in [9.17, 15) is 9.59 Å². The van der Waals surface area contributed by atoms with E-state index in [0.717, 1.165) is 5.56 Å². The molecular weight excluding hydrogens is 362 g/mol. The van der Waals surface area contributed by atoms with E-state index in [2.05, 4.69) is 0 Å². The molecule has 28 heavy (non-hydrogen) atoms. The van der Waals surface area contributed by atoms with E-state index in [1.165, 1.54) is 38.4 Å². The second-order valence-corrected chi connectivity index (χ2v) is 6.14. The van der Waals surface area contributed by atoms with Crippen LogP contribution < -0.4 is 14.2 Å². The Morgan fingerprint density at radius 2 is 1.54 bits per heavy atom. The SMILES string of the molecule is COc1cc(C(=O)O[C@@H](C)C(=O)N(C)Cc2ccccc2)cc(OC)c1OC. The topological polar surface area (TPSA) is 74.3 Å². The third kappa shape index (κ3) is 4.94. The van der Waals surface area contributed by atoms with E-state index < -0.39 is 12.1 Å². The summed E-state index contributed by atoms with van der Waals surface area (Å²) >= 11 is 0. The van der Waals surface area contributed by atoms with E-state index in [1.807, 2.05) is 30.3 Å². The van der Waals surface area contributed by atoms with Gasteiger partial charge in [0.25, 0.3) is 5.91 Å². The van der Waals surface area contributed by atoms with Gasteiger partial charge >= 0.3 is 5.97 Å². The average molecular weight is 387 g/mol. The third-order valence-corrected chi connectivity index (χ3v) is 4.17. The highest BCUT2D eigenvalue weighted by molar-refractivity contribution is 5.93. The highest BCUT2D eigenvalue weighted by Crippen LogP contribution is 2.38. The predicted octanol–water partition coefficient (Wildman–Crippen LogP) is 2.92. The van der Waals surface area contributed by atoms with Crippen molar-refractivity contribution >= 4 is 11.9 Å². The molecule has 7 heteroatoms. The average Bonchev–Trinajstić information content (AvgIpc) is 2.72. The Balaban J connectivity index is 2.10. The van der Waals surface area contributed by atoms with E-state index in [4.69, 9.17) is 18.9 Å². The molecule has 0 aromatic heterocycles. The van der Waals surface area contributed by atoms with Gasteiger partial charge in [0.2, 0.25) is 5.75 Å². The van der Waals surface area contributed by atoms with Crippen molar-refractivity contribution in [3.05, 3.63) is 53.6 Å². The van der Waals surface area contributed by atoms with Crippen LogP contribution in [-0.4, -0.2) is 51.3 Å². The zero-order chi connectivity index (χ0) is 20.7. The van der Waals surface area contributed by atoms with Crippen LogP contribution in [0.4, 0.5) is 0 Å². The number of benzene rings is 2. The van der Waals surface area contributed by atoms with Gasteiger partial charge < -0.3 is 23.8 Å². The minimum absolute atomic E-state index is 0.194. The number of nitrogens with zero attached hydrogens (tertiary/aromatic N) is 1. The van der Waals surface area contributed by atoms with Crippen LogP contribution in [0.3, 0.4) is 0 Å². The van der Waals surface area contributed by atoms with Crippen molar-refractivity contribution in [1.82, 2.24) is 4.90 Å². The van der Waals surface area contributed by atoms with Crippen LogP contribution in [0.1, 0.15) is 22.8 Å². The molecule has 150 valence electrons. The molecule has 0 N–H and O–H groups in total. The van der Waals surface area contributed by atoms with Crippen LogP contribution in [0.5, 0.6) is 17.2 Å². The molecule has 0 spiro atoms. The summed E-state index contributed by atoms with van der Waals surface area (Å²) in [6.45, 7) is 1.96. The lowest BCUT2D eigenvalue weighted by Crippen LogP contribution is -2.37. The van der Waals surface area contributed by atoms with Crippen molar-refractivity contribution in [1.29, 1.82) is 0 Å². The number of hydrogen-bond donors (Lipinski definition) is 0. The van der Waals surface area contributed by atoms with E-state index in [0.29, 0.717) is 23.8 Å². The second kappa shape index (κ2) is 9.64. The third-order valence-electron chi connectivity index (χ3n) is 4.17. The number of hydrogen-bond acceptors (Lipinski definition) is 6. The first kappa shape index (κ1) is 21.1. The predicted molar refractivity (Wildman–Crippen MR) is 104 cm³/mol. The van der Waals surface area contributed by atoms with E-state index >= 15 is 0 Å². The van der Waals surface area contributed by atoms with Gasteiger partial charge in [0.15, 0.2) is 17.6 Å². The maximum Gasteiger partial charge on any atom is 0.339 e. The Hall–Kier alpha value is -3.22. The van der Waals surface area contributed by atoms with Crippen molar-refractivity contribution < 1.29 is 28.5 Å². The molecule has 0 unspecified atom stereocenters. The molecule has 0 fully saturated rings. The van der Waals surface area contributed by atoms with Gasteiger partial charge in [0, 0.05) is 13.6 Å². The fourth-order valence-corrected chi connectivity index (χ4v) is 2.72. The van der Waals surface area contributed by atoms with Gasteiger partial charge in [-0.25, -0.2) is 4.79 Å². The molecule has 0 aliphatic heterocycles. The minimum Gasteiger partial charge on any atom is -0.493 e. The van der Waals surface area contributed by atoms with Gasteiger partial charge in [0.1, 0.15) is 0 Å². The number of methoxy groups -OCH3 is 3. The van der Waals surface area contributed by atoms with Gasteiger partial charge in [-0.2, -0.15) is 0 Å². The summed E-state index contributed by atoms with van der Waals surface area (Å²) < 4.78 is 21.1. The zero-order valence-corrected chi connectivity index (χ0v) is 16.7. The first-order chi connectivity index (χ1) is 13.4. The first-order valence-electron chi connectivity index (χ1n) is 8.71. The van der Waals surface area contributed by atoms with Crippen LogP contribution in [0.15, 0.2) is 42.5 Å². The maximum atomic E-state index is 12.5. The molecule has 0 saturated heterocycles. The van der Waals surface area contributed by atoms with Gasteiger partial charge in [-0.1, -0.05) is 30.3 Å². The van der Waals surface area contributed by atoms with Gasteiger partial charge in [0.05, 0.1) is 26.9 Å². The van der Waals surface area contributed by atoms with Crippen molar-refractivity contribution in [2.24, 2.45) is 0 Å². The quantitative estimate of drug-likeness (QED) is 0.649. The Labute approximate surface area is 164 Å². The molecule has 1 atom stereocenters. The van der Waals surface area contributed by atoms with E-state index in [-0.39, 0.29) is 11.5 Å². The van der Waals surface area contributed by atoms with Crippen LogP contribution >= 0.6 is 0 Å². The lowest BCUT2D eigenvalue weighted by atomic mass is 10.1. The number of amides is 1. The molecule has 0 aliphatic rings. The molecule has 2 aromatic carbocycles. The van der Waals surface area contributed by atoms with Crippen LogP contribution in [0, 0.1) is 0 Å². The molecule has 0 aliphatic carbocycles. The van der Waals surface area contributed by atoms with Gasteiger partial charge in [-0.3, -0.25) is 4.79 Å². The maximum absolute atomic E-state index is 12.5. The molecule has 2 rings (SSSR count). The zero-order valence-electron chi connectivity index (χ0n) is 16.7. The summed E-state index contributed by atoms with van der Waals surface area (Å²) in [5.74, 6) is 0.0640. The number of esters is 1. The lowest BCUT2D eigenvalue weighted by molar-refractivity contribution is -0.139. The normalized spacial score (nSPS) is 11.3. The number of carbonyl (C=O) groups is 2. The van der Waals surface area contributed by atoms with Gasteiger partial charge in [-0.05, 0) is 24.6 Å². The Kier molecular flexibility index (Phi) is 7.26. The van der Waals surface area contributed by atoms with Crippen molar-refractivity contribution in [3.63, 3.8) is 0 Å². The first-order valence-corrected chi connectivity index (χ1v) is 8.71. The summed E-state index contributed by atoms with van der Waals surface area (Å²) in [7, 11) is 6.05. The number of ether oxygens (including phenoxy) is 4. The van der Waals surface area contributed by atoms with Crippen molar-refractivity contribution in [3.8, 4) is 17.2 Å². The number of likely N-dealkylation sites (N-methyl/N-ethyl adjacent to an activating group) is 1. The summed E-state index contributed by atoms with van der Waals surface area (Å²) in [6.07, 6.45) is -0.944. The largest absolute Gasteiger partial charge is 0.493 e. The standard InChI is InChI=1S/C21H25NO6/c1-14(20(23)22(2)13-15-9-7-6-8-10-15)28-21(24)16-11-17(25-3)19(27-5)18(12-16)26-4/h6-12,14H,13H2,1-5H3/t14-/m0/s1. The number of rotatable bonds is 8. The smallest absolute Gasteiger partial charge is 0.339 e. The Bertz CT molecular complexity index is 796. The second-order valence-electron chi connectivity index (χ2n) is 6.14. The molecule has 0 heterocycles. The minimum atomic E-state index is -0.944. The Morgan fingerprint density at radius 1 is 0.964 bits per heavy atom. The van der Waals surface area contributed by atoms with Gasteiger partial charge in [-0.15, -0.1) is 0 Å². The molecule has 2 aromatic rings. The molecule has 0 saturated carbocycles. The van der Waals surface area contributed by atoms with Crippen molar-refractivity contribution in [2.45, 2.75) is 19.6 Å². The fourth-order valence-electron chi connectivity index (χ4n) is 2.72. The summed E-state index contributed by atoms with van der Waals surface area (Å²) in [4.78, 5) is 26.6. The highest BCUT2D eigenvalue weighted by Gasteiger charge is 2.24. The highest BCUT2D eigenvalue weighted by atomic mass is 16.6. The molecule has 7 nitrogen and oxygen atoms in total. The van der Waals surface area contributed by atoms with E-state index in [1.54, 1.807) is 14.0 Å². The fraction of sp³-hybridized carbons (Fsp3) is 0.333. The van der Waals surface area contributed by atoms with Crippen molar-refractivity contribution in [2.75, 3.05) is 28.4 Å². The van der Waals surface area contributed by atoms with Crippen LogP contribution in [0.2, 0.25) is 0 Å². The monoisotopic (exact) mass is 387 g/mol. The lowest BCUT2D eigenvalue weighted by Gasteiger charge is -2.22. The molecule has 0 radical (unpaired) electrons.